The van der Waals surface area contributed by atoms with Gasteiger partial charge in [0.1, 0.15) is 11.6 Å². The Morgan fingerprint density at radius 2 is 2.25 bits per heavy atom. The summed E-state index contributed by atoms with van der Waals surface area (Å²) in [6.45, 7) is 2.50. The maximum atomic E-state index is 13.4. The van der Waals surface area contributed by atoms with Crippen molar-refractivity contribution in [2.45, 2.75) is 19.8 Å². The highest BCUT2D eigenvalue weighted by atomic mass is 19.1. The van der Waals surface area contributed by atoms with Gasteiger partial charge in [-0.15, -0.1) is 0 Å². The second-order valence-electron chi connectivity index (χ2n) is 3.13. The first-order chi connectivity index (χ1) is 5.79. The minimum absolute atomic E-state index is 0.0906. The zero-order valence-electron chi connectivity index (χ0n) is 7.06. The van der Waals surface area contributed by atoms with Gasteiger partial charge in [-0.3, -0.25) is 0 Å². The number of aryl methyl sites for hydroxylation is 1. The van der Waals surface area contributed by atoms with E-state index in [1.54, 1.807) is 13.0 Å². The van der Waals surface area contributed by atoms with Crippen molar-refractivity contribution in [2.24, 2.45) is 0 Å². The van der Waals surface area contributed by atoms with Crippen LogP contribution in [0.3, 0.4) is 0 Å². The summed E-state index contributed by atoms with van der Waals surface area (Å²) in [5.74, 6) is 0.636. The molecule has 0 saturated carbocycles. The summed E-state index contributed by atoms with van der Waals surface area (Å²) < 4.78 is 18.7. The fraction of sp³-hybridized carbons (Fsp3) is 0.400. The van der Waals surface area contributed by atoms with Crippen molar-refractivity contribution in [2.75, 3.05) is 6.61 Å². The van der Waals surface area contributed by atoms with Gasteiger partial charge in [0.15, 0.2) is 0 Å². The van der Waals surface area contributed by atoms with Gasteiger partial charge in [0.2, 0.25) is 0 Å². The zero-order valence-corrected chi connectivity index (χ0v) is 7.06. The molecule has 0 amide bonds. The van der Waals surface area contributed by atoms with E-state index in [1.807, 2.05) is 6.07 Å². The monoisotopic (exact) mass is 166 g/mol. The molecule has 2 rings (SSSR count). The van der Waals surface area contributed by atoms with Crippen LogP contribution >= 0.6 is 0 Å². The number of ether oxygens (including phenoxy) is 1. The smallest absolute Gasteiger partial charge is 0.132 e. The molecule has 0 aliphatic carbocycles. The maximum absolute atomic E-state index is 13.4. The molecular weight excluding hydrogens is 155 g/mol. The van der Waals surface area contributed by atoms with E-state index < -0.39 is 0 Å². The lowest BCUT2D eigenvalue weighted by Crippen LogP contribution is -2.10. The second kappa shape index (κ2) is 2.77. The third kappa shape index (κ3) is 1.07. The minimum Gasteiger partial charge on any atom is -0.493 e. The van der Waals surface area contributed by atoms with Crippen molar-refractivity contribution in [1.82, 2.24) is 0 Å². The SMILES string of the molecule is Cc1ccc2c(c1F)CCCO2. The van der Waals surface area contributed by atoms with Gasteiger partial charge in [-0.05, 0) is 31.4 Å². The van der Waals surface area contributed by atoms with E-state index in [4.69, 9.17) is 4.74 Å². The Balaban J connectivity index is 2.54. The first-order valence-corrected chi connectivity index (χ1v) is 4.20. The van der Waals surface area contributed by atoms with Crippen LogP contribution in [-0.2, 0) is 6.42 Å². The Morgan fingerprint density at radius 3 is 3.08 bits per heavy atom. The predicted molar refractivity (Wildman–Crippen MR) is 45.0 cm³/mol. The summed E-state index contributed by atoms with van der Waals surface area (Å²) in [4.78, 5) is 0. The molecule has 2 heteroatoms. The molecule has 0 spiro atoms. The van der Waals surface area contributed by atoms with E-state index in [9.17, 15) is 4.39 Å². The Bertz CT molecular complexity index is 307. The van der Waals surface area contributed by atoms with Crippen LogP contribution in [0.15, 0.2) is 12.1 Å². The predicted octanol–water partition coefficient (Wildman–Crippen LogP) is 2.46. The van der Waals surface area contributed by atoms with Gasteiger partial charge in [0.25, 0.3) is 0 Å². The van der Waals surface area contributed by atoms with Gasteiger partial charge in [0, 0.05) is 5.56 Å². The van der Waals surface area contributed by atoms with Crippen LogP contribution in [0, 0.1) is 12.7 Å². The summed E-state index contributed by atoms with van der Waals surface area (Å²) in [6.07, 6.45) is 1.73. The molecule has 1 aromatic carbocycles. The Kier molecular flexibility index (Phi) is 1.75. The van der Waals surface area contributed by atoms with Crippen LogP contribution in [0.4, 0.5) is 4.39 Å². The van der Waals surface area contributed by atoms with Crippen LogP contribution in [0.5, 0.6) is 5.75 Å². The molecule has 0 fully saturated rings. The van der Waals surface area contributed by atoms with E-state index in [-0.39, 0.29) is 5.82 Å². The van der Waals surface area contributed by atoms with E-state index >= 15 is 0 Å². The zero-order chi connectivity index (χ0) is 8.55. The maximum Gasteiger partial charge on any atom is 0.132 e. The molecular formula is C10H11FO. The van der Waals surface area contributed by atoms with Crippen molar-refractivity contribution in [1.29, 1.82) is 0 Å². The molecule has 0 radical (unpaired) electrons. The molecule has 1 heterocycles. The minimum atomic E-state index is -0.0906. The van der Waals surface area contributed by atoms with E-state index in [0.717, 1.165) is 30.8 Å². The molecule has 1 aliphatic heterocycles. The van der Waals surface area contributed by atoms with Gasteiger partial charge < -0.3 is 4.74 Å². The van der Waals surface area contributed by atoms with Crippen LogP contribution in [0.25, 0.3) is 0 Å². The van der Waals surface area contributed by atoms with Crippen LogP contribution < -0.4 is 4.74 Å². The summed E-state index contributed by atoms with van der Waals surface area (Å²) in [5, 5.41) is 0. The lowest BCUT2D eigenvalue weighted by Gasteiger charge is -2.18. The van der Waals surface area contributed by atoms with Crippen molar-refractivity contribution in [3.63, 3.8) is 0 Å². The summed E-state index contributed by atoms with van der Waals surface area (Å²) >= 11 is 0. The topological polar surface area (TPSA) is 9.23 Å². The highest BCUT2D eigenvalue weighted by Crippen LogP contribution is 2.28. The lowest BCUT2D eigenvalue weighted by atomic mass is 10.0. The number of halogens is 1. The first kappa shape index (κ1) is 7.59. The third-order valence-corrected chi connectivity index (χ3v) is 2.22. The number of fused-ring (bicyclic) bond motifs is 1. The van der Waals surface area contributed by atoms with E-state index in [0.29, 0.717) is 5.56 Å². The molecule has 0 aromatic heterocycles. The number of hydrogen-bond acceptors (Lipinski definition) is 1. The standard InChI is InChI=1S/C10H11FO/c1-7-4-5-9-8(10(7)11)3-2-6-12-9/h4-5H,2-3,6H2,1H3. The van der Waals surface area contributed by atoms with E-state index in [1.165, 1.54) is 0 Å². The molecule has 0 N–H and O–H groups in total. The van der Waals surface area contributed by atoms with Crippen molar-refractivity contribution in [3.8, 4) is 5.75 Å². The average Bonchev–Trinajstić information content (AvgIpc) is 2.12. The Hall–Kier alpha value is -1.05. The van der Waals surface area contributed by atoms with Gasteiger partial charge in [-0.1, -0.05) is 6.07 Å². The van der Waals surface area contributed by atoms with Gasteiger partial charge in [-0.25, -0.2) is 4.39 Å². The average molecular weight is 166 g/mol. The fourth-order valence-corrected chi connectivity index (χ4v) is 1.52. The number of rotatable bonds is 0. The third-order valence-electron chi connectivity index (χ3n) is 2.22. The number of benzene rings is 1. The summed E-state index contributed by atoms with van der Waals surface area (Å²) in [5.41, 5.74) is 1.46. The Labute approximate surface area is 71.2 Å². The van der Waals surface area contributed by atoms with Crippen molar-refractivity contribution in [3.05, 3.63) is 29.1 Å². The molecule has 64 valence electrons. The summed E-state index contributed by atoms with van der Waals surface area (Å²) in [6, 6.07) is 3.62. The van der Waals surface area contributed by atoms with Crippen LogP contribution in [0.1, 0.15) is 17.5 Å². The molecule has 1 aromatic rings. The number of hydrogen-bond donors (Lipinski definition) is 0. The first-order valence-electron chi connectivity index (χ1n) is 4.20. The molecule has 1 nitrogen and oxygen atoms in total. The largest absolute Gasteiger partial charge is 0.493 e. The molecule has 0 unspecified atom stereocenters. The lowest BCUT2D eigenvalue weighted by molar-refractivity contribution is 0.283. The van der Waals surface area contributed by atoms with Crippen molar-refractivity contribution < 1.29 is 9.13 Å². The molecule has 0 saturated heterocycles. The van der Waals surface area contributed by atoms with Crippen LogP contribution in [-0.4, -0.2) is 6.61 Å². The summed E-state index contributed by atoms with van der Waals surface area (Å²) in [7, 11) is 0. The van der Waals surface area contributed by atoms with E-state index in [2.05, 4.69) is 0 Å². The Morgan fingerprint density at radius 1 is 1.42 bits per heavy atom. The molecule has 1 aliphatic rings. The van der Waals surface area contributed by atoms with Gasteiger partial charge in [-0.2, -0.15) is 0 Å². The highest BCUT2D eigenvalue weighted by Gasteiger charge is 2.15. The molecule has 0 atom stereocenters. The normalized spacial score (nSPS) is 15.2. The fourth-order valence-electron chi connectivity index (χ4n) is 1.52. The van der Waals surface area contributed by atoms with Crippen LogP contribution in [0.2, 0.25) is 0 Å². The molecule has 0 bridgehead atoms. The quantitative estimate of drug-likeness (QED) is 0.575. The highest BCUT2D eigenvalue weighted by molar-refractivity contribution is 5.39. The van der Waals surface area contributed by atoms with Gasteiger partial charge in [0.05, 0.1) is 6.61 Å². The van der Waals surface area contributed by atoms with Gasteiger partial charge >= 0.3 is 0 Å². The second-order valence-corrected chi connectivity index (χ2v) is 3.13. The van der Waals surface area contributed by atoms with Crippen molar-refractivity contribution >= 4 is 0 Å². The molecule has 12 heavy (non-hydrogen) atoms.